The van der Waals surface area contributed by atoms with Gasteiger partial charge < -0.3 is 5.32 Å². The van der Waals surface area contributed by atoms with Crippen molar-refractivity contribution in [3.8, 4) is 0 Å². The highest BCUT2D eigenvalue weighted by Gasteiger charge is 2.03. The summed E-state index contributed by atoms with van der Waals surface area (Å²) >= 11 is 0. The first kappa shape index (κ1) is 11.9. The molecule has 0 aliphatic rings. The molecular weight excluding hydrogens is 219 g/mol. The molecule has 0 saturated heterocycles. The molecule has 0 aliphatic heterocycles. The van der Waals surface area contributed by atoms with Crippen molar-refractivity contribution in [1.29, 1.82) is 0 Å². The van der Waals surface area contributed by atoms with Gasteiger partial charge in [0.25, 0.3) is 0 Å². The van der Waals surface area contributed by atoms with Crippen molar-refractivity contribution in [1.82, 2.24) is 4.98 Å². The second kappa shape index (κ2) is 5.06. The molecule has 1 N–H and O–H groups in total. The summed E-state index contributed by atoms with van der Waals surface area (Å²) in [5.41, 5.74) is 0. The van der Waals surface area contributed by atoms with E-state index >= 15 is 0 Å². The molecule has 0 aromatic carbocycles. The van der Waals surface area contributed by atoms with Crippen LogP contribution < -0.4 is 5.32 Å². The molecule has 84 valence electrons. The minimum atomic E-state index is -2.94. The average Bonchev–Trinajstić information content (AvgIpc) is 2.13. The highest BCUT2D eigenvalue weighted by Crippen LogP contribution is 2.07. The van der Waals surface area contributed by atoms with Gasteiger partial charge >= 0.3 is 0 Å². The third-order valence-corrected chi connectivity index (χ3v) is 2.77. The normalized spacial score (nSPS) is 11.3. The van der Waals surface area contributed by atoms with Crippen LogP contribution in [0, 0.1) is 5.82 Å². The van der Waals surface area contributed by atoms with E-state index in [1.807, 2.05) is 0 Å². The Labute approximate surface area is 88.5 Å². The first-order valence-electron chi connectivity index (χ1n) is 4.51. The Kier molecular flexibility index (Phi) is 4.02. The van der Waals surface area contributed by atoms with E-state index in [-0.39, 0.29) is 11.6 Å². The molecule has 1 aromatic heterocycles. The van der Waals surface area contributed by atoms with Crippen molar-refractivity contribution >= 4 is 15.7 Å². The number of nitrogens with zero attached hydrogens (tertiary/aromatic N) is 1. The number of sulfone groups is 1. The van der Waals surface area contributed by atoms with Gasteiger partial charge in [-0.05, 0) is 18.6 Å². The fraction of sp³-hybridized carbons (Fsp3) is 0.444. The molecule has 0 fully saturated rings. The number of pyridine rings is 1. The minimum absolute atomic E-state index is 0.0917. The molecule has 0 spiro atoms. The van der Waals surface area contributed by atoms with Gasteiger partial charge in [-0.25, -0.2) is 17.8 Å². The molecule has 0 atom stereocenters. The second-order valence-corrected chi connectivity index (χ2v) is 5.50. The fourth-order valence-electron chi connectivity index (χ4n) is 1.06. The smallest absolute Gasteiger partial charge is 0.165 e. The number of nitrogens with one attached hydrogen (secondary N) is 1. The molecule has 0 aliphatic carbocycles. The number of rotatable bonds is 5. The summed E-state index contributed by atoms with van der Waals surface area (Å²) in [7, 11) is -2.94. The van der Waals surface area contributed by atoms with Gasteiger partial charge in [0, 0.05) is 19.0 Å². The highest BCUT2D eigenvalue weighted by atomic mass is 32.2. The molecule has 0 unspecified atom stereocenters. The van der Waals surface area contributed by atoms with Crippen LogP contribution in [-0.4, -0.2) is 32.0 Å². The van der Waals surface area contributed by atoms with E-state index in [0.717, 1.165) is 0 Å². The number of hydrogen-bond donors (Lipinski definition) is 1. The van der Waals surface area contributed by atoms with Crippen LogP contribution in [0.2, 0.25) is 0 Å². The number of anilines is 1. The first-order chi connectivity index (χ1) is 6.99. The van der Waals surface area contributed by atoms with Crippen molar-refractivity contribution in [2.45, 2.75) is 6.42 Å². The number of aromatic nitrogens is 1. The SMILES string of the molecule is CS(=O)(=O)CCCNc1ncccc1F. The maximum absolute atomic E-state index is 13.0. The molecule has 1 rings (SSSR count). The lowest BCUT2D eigenvalue weighted by molar-refractivity contribution is 0.599. The zero-order valence-corrected chi connectivity index (χ0v) is 9.22. The molecule has 0 bridgehead atoms. The Balaban J connectivity index is 2.36. The van der Waals surface area contributed by atoms with Crippen LogP contribution in [0.1, 0.15) is 6.42 Å². The third kappa shape index (κ3) is 4.73. The summed E-state index contributed by atoms with van der Waals surface area (Å²) in [4.78, 5) is 3.78. The van der Waals surface area contributed by atoms with E-state index in [0.29, 0.717) is 13.0 Å². The molecule has 0 radical (unpaired) electrons. The average molecular weight is 232 g/mol. The van der Waals surface area contributed by atoms with E-state index in [2.05, 4.69) is 10.3 Å². The maximum atomic E-state index is 13.0. The van der Waals surface area contributed by atoms with E-state index in [9.17, 15) is 12.8 Å². The Morgan fingerprint density at radius 1 is 1.53 bits per heavy atom. The van der Waals surface area contributed by atoms with Crippen LogP contribution in [0.4, 0.5) is 10.2 Å². The van der Waals surface area contributed by atoms with Crippen molar-refractivity contribution in [2.75, 3.05) is 23.9 Å². The van der Waals surface area contributed by atoms with E-state index in [1.165, 1.54) is 24.6 Å². The Hall–Kier alpha value is -1.17. The summed E-state index contributed by atoms with van der Waals surface area (Å²) in [6.07, 6.45) is 3.09. The second-order valence-electron chi connectivity index (χ2n) is 3.24. The topological polar surface area (TPSA) is 59.1 Å². The molecule has 1 aromatic rings. The largest absolute Gasteiger partial charge is 0.368 e. The summed E-state index contributed by atoms with van der Waals surface area (Å²) in [6.45, 7) is 0.390. The molecule has 6 heteroatoms. The Bertz CT molecular complexity index is 420. The van der Waals surface area contributed by atoms with Crippen molar-refractivity contribution < 1.29 is 12.8 Å². The van der Waals surface area contributed by atoms with Gasteiger partial charge in [0.2, 0.25) is 0 Å². The lowest BCUT2D eigenvalue weighted by Crippen LogP contribution is -2.11. The van der Waals surface area contributed by atoms with Gasteiger partial charge in [-0.1, -0.05) is 0 Å². The van der Waals surface area contributed by atoms with Gasteiger partial charge in [0.05, 0.1) is 5.75 Å². The first-order valence-corrected chi connectivity index (χ1v) is 6.57. The monoisotopic (exact) mass is 232 g/mol. The summed E-state index contributed by atoms with van der Waals surface area (Å²) in [5, 5.41) is 2.73. The molecular formula is C9H13FN2O2S. The fourth-order valence-corrected chi connectivity index (χ4v) is 1.73. The number of hydrogen-bond acceptors (Lipinski definition) is 4. The Morgan fingerprint density at radius 3 is 2.87 bits per heavy atom. The van der Waals surface area contributed by atoms with Crippen molar-refractivity contribution in [2.24, 2.45) is 0 Å². The molecule has 15 heavy (non-hydrogen) atoms. The highest BCUT2D eigenvalue weighted by molar-refractivity contribution is 7.90. The molecule has 0 saturated carbocycles. The summed E-state index contributed by atoms with van der Waals surface area (Å²) in [6, 6.07) is 2.79. The number of halogens is 1. The van der Waals surface area contributed by atoms with Crippen molar-refractivity contribution in [3.05, 3.63) is 24.1 Å². The quantitative estimate of drug-likeness (QED) is 0.771. The lowest BCUT2D eigenvalue weighted by Gasteiger charge is -2.05. The van der Waals surface area contributed by atoms with Crippen molar-refractivity contribution in [3.63, 3.8) is 0 Å². The predicted molar refractivity (Wildman–Crippen MR) is 57.0 cm³/mol. The maximum Gasteiger partial charge on any atom is 0.165 e. The van der Waals surface area contributed by atoms with E-state index in [4.69, 9.17) is 0 Å². The van der Waals surface area contributed by atoms with E-state index in [1.54, 1.807) is 0 Å². The van der Waals surface area contributed by atoms with Gasteiger partial charge in [-0.3, -0.25) is 0 Å². The zero-order chi connectivity index (χ0) is 11.3. The predicted octanol–water partition coefficient (Wildman–Crippen LogP) is 1.07. The van der Waals surface area contributed by atoms with Crippen LogP contribution >= 0.6 is 0 Å². The molecule has 4 nitrogen and oxygen atoms in total. The third-order valence-electron chi connectivity index (χ3n) is 1.74. The minimum Gasteiger partial charge on any atom is -0.368 e. The Morgan fingerprint density at radius 2 is 2.27 bits per heavy atom. The molecule has 0 amide bonds. The lowest BCUT2D eigenvalue weighted by atomic mass is 10.4. The summed E-state index contributed by atoms with van der Waals surface area (Å²) < 4.78 is 34.6. The molecule has 1 heterocycles. The van der Waals surface area contributed by atoms with Crippen LogP contribution in [0.25, 0.3) is 0 Å². The van der Waals surface area contributed by atoms with Crippen LogP contribution in [0.5, 0.6) is 0 Å². The van der Waals surface area contributed by atoms with Crippen LogP contribution in [0.15, 0.2) is 18.3 Å². The van der Waals surface area contributed by atoms with Gasteiger partial charge in [0.1, 0.15) is 9.84 Å². The van der Waals surface area contributed by atoms with Crippen LogP contribution in [-0.2, 0) is 9.84 Å². The van der Waals surface area contributed by atoms with Gasteiger partial charge in [-0.15, -0.1) is 0 Å². The van der Waals surface area contributed by atoms with Gasteiger partial charge in [0.15, 0.2) is 11.6 Å². The zero-order valence-electron chi connectivity index (χ0n) is 8.40. The van der Waals surface area contributed by atoms with Crippen LogP contribution in [0.3, 0.4) is 0 Å². The summed E-state index contributed by atoms with van der Waals surface area (Å²) in [5.74, 6) is -0.183. The standard InChI is InChI=1S/C9H13FN2O2S/c1-15(13,14)7-3-6-12-9-8(10)4-2-5-11-9/h2,4-5H,3,6-7H2,1H3,(H,11,12). The van der Waals surface area contributed by atoms with E-state index < -0.39 is 15.7 Å². The van der Waals surface area contributed by atoms with Gasteiger partial charge in [-0.2, -0.15) is 0 Å².